The molecule has 104 valence electrons. The molecule has 0 unspecified atom stereocenters. The third kappa shape index (κ3) is 3.68. The minimum absolute atomic E-state index is 0.283. The lowest BCUT2D eigenvalue weighted by Crippen LogP contribution is -2.46. The van der Waals surface area contributed by atoms with Gasteiger partial charge in [0, 0.05) is 17.7 Å². The molecule has 1 aromatic rings. The van der Waals surface area contributed by atoms with Crippen molar-refractivity contribution in [3.63, 3.8) is 0 Å². The van der Waals surface area contributed by atoms with Crippen LogP contribution >= 0.6 is 11.6 Å². The summed E-state index contributed by atoms with van der Waals surface area (Å²) in [5, 5.41) is 11.9. The monoisotopic (exact) mass is 285 g/mol. The van der Waals surface area contributed by atoms with Crippen LogP contribution in [0, 0.1) is 0 Å². The standard InChI is InChI=1S/C13H16ClNO4/c1-13(2,19-3)12(18)15-10(11(16)17)8-6-4-5-7-9(8)14/h4-7,10H,1-3H3,(H,15,18)(H,16,17)/t10-/m1/s1. The molecule has 0 spiro atoms. The predicted molar refractivity (Wildman–Crippen MR) is 71.1 cm³/mol. The van der Waals surface area contributed by atoms with Crippen molar-refractivity contribution in [1.82, 2.24) is 5.32 Å². The highest BCUT2D eigenvalue weighted by molar-refractivity contribution is 6.31. The summed E-state index contributed by atoms with van der Waals surface area (Å²) in [4.78, 5) is 23.2. The van der Waals surface area contributed by atoms with Gasteiger partial charge in [0.05, 0.1) is 0 Å². The van der Waals surface area contributed by atoms with Gasteiger partial charge in [0.25, 0.3) is 5.91 Å². The van der Waals surface area contributed by atoms with E-state index in [0.29, 0.717) is 5.56 Å². The molecule has 1 rings (SSSR count). The third-order valence-electron chi connectivity index (χ3n) is 2.80. The molecule has 0 aromatic heterocycles. The Morgan fingerprint density at radius 3 is 2.42 bits per heavy atom. The van der Waals surface area contributed by atoms with E-state index in [-0.39, 0.29) is 5.02 Å². The van der Waals surface area contributed by atoms with Crippen LogP contribution in [-0.4, -0.2) is 29.7 Å². The van der Waals surface area contributed by atoms with E-state index in [9.17, 15) is 14.7 Å². The average Bonchev–Trinajstić information content (AvgIpc) is 2.36. The summed E-state index contributed by atoms with van der Waals surface area (Å²) in [5.41, 5.74) is -0.786. The number of benzene rings is 1. The number of halogens is 1. The van der Waals surface area contributed by atoms with Crippen molar-refractivity contribution in [3.8, 4) is 0 Å². The number of ether oxygens (including phenoxy) is 1. The molecule has 0 bridgehead atoms. The molecule has 0 fully saturated rings. The van der Waals surface area contributed by atoms with Crippen molar-refractivity contribution in [2.24, 2.45) is 0 Å². The van der Waals surface area contributed by atoms with Crippen LogP contribution in [0.1, 0.15) is 25.5 Å². The number of amides is 1. The van der Waals surface area contributed by atoms with Crippen molar-refractivity contribution in [2.45, 2.75) is 25.5 Å². The number of carbonyl (C=O) groups is 2. The van der Waals surface area contributed by atoms with Gasteiger partial charge in [-0.15, -0.1) is 0 Å². The number of carbonyl (C=O) groups excluding carboxylic acids is 1. The predicted octanol–water partition coefficient (Wildman–Crippen LogP) is 2.01. The molecule has 1 aromatic carbocycles. The fraction of sp³-hybridized carbons (Fsp3) is 0.385. The molecule has 1 atom stereocenters. The molecule has 6 heteroatoms. The summed E-state index contributed by atoms with van der Waals surface area (Å²) >= 11 is 5.95. The number of nitrogens with one attached hydrogen (secondary N) is 1. The lowest BCUT2D eigenvalue weighted by atomic mass is 10.0. The third-order valence-corrected chi connectivity index (χ3v) is 3.14. The number of aliphatic carboxylic acids is 1. The molecule has 19 heavy (non-hydrogen) atoms. The largest absolute Gasteiger partial charge is 0.479 e. The first-order valence-electron chi connectivity index (χ1n) is 5.63. The van der Waals surface area contributed by atoms with Crippen molar-refractivity contribution in [1.29, 1.82) is 0 Å². The fourth-order valence-corrected chi connectivity index (χ4v) is 1.62. The summed E-state index contributed by atoms with van der Waals surface area (Å²) in [5.74, 6) is -1.71. The van der Waals surface area contributed by atoms with Crippen LogP contribution in [-0.2, 0) is 14.3 Å². The fourth-order valence-electron chi connectivity index (χ4n) is 1.38. The lowest BCUT2D eigenvalue weighted by Gasteiger charge is -2.25. The van der Waals surface area contributed by atoms with Gasteiger partial charge in [-0.1, -0.05) is 29.8 Å². The normalized spacial score (nSPS) is 12.8. The number of hydrogen-bond acceptors (Lipinski definition) is 3. The maximum Gasteiger partial charge on any atom is 0.330 e. The first-order chi connectivity index (χ1) is 8.79. The zero-order chi connectivity index (χ0) is 14.6. The zero-order valence-corrected chi connectivity index (χ0v) is 11.7. The van der Waals surface area contributed by atoms with E-state index in [1.807, 2.05) is 0 Å². The molecular weight excluding hydrogens is 270 g/mol. The van der Waals surface area contributed by atoms with Crippen LogP contribution in [0.4, 0.5) is 0 Å². The van der Waals surface area contributed by atoms with E-state index in [1.165, 1.54) is 7.11 Å². The van der Waals surface area contributed by atoms with Crippen molar-refractivity contribution >= 4 is 23.5 Å². The summed E-state index contributed by atoms with van der Waals surface area (Å²) in [6.45, 7) is 3.10. The van der Waals surface area contributed by atoms with Gasteiger partial charge in [-0.05, 0) is 19.9 Å². The average molecular weight is 286 g/mol. The van der Waals surface area contributed by atoms with E-state index in [2.05, 4.69) is 5.32 Å². The van der Waals surface area contributed by atoms with Crippen LogP contribution < -0.4 is 5.32 Å². The van der Waals surface area contributed by atoms with Crippen molar-refractivity contribution in [2.75, 3.05) is 7.11 Å². The van der Waals surface area contributed by atoms with E-state index in [0.717, 1.165) is 0 Å². The molecule has 0 aliphatic rings. The van der Waals surface area contributed by atoms with Crippen LogP contribution in [0.25, 0.3) is 0 Å². The number of rotatable bonds is 5. The molecule has 0 heterocycles. The van der Waals surface area contributed by atoms with E-state index >= 15 is 0 Å². The second-order valence-corrected chi connectivity index (χ2v) is 4.89. The van der Waals surface area contributed by atoms with Crippen molar-refractivity contribution in [3.05, 3.63) is 34.9 Å². The highest BCUT2D eigenvalue weighted by Crippen LogP contribution is 2.23. The first-order valence-corrected chi connectivity index (χ1v) is 6.00. The van der Waals surface area contributed by atoms with Gasteiger partial charge in [-0.3, -0.25) is 4.79 Å². The summed E-state index contributed by atoms with van der Waals surface area (Å²) in [7, 11) is 1.38. The van der Waals surface area contributed by atoms with Crippen LogP contribution in [0.15, 0.2) is 24.3 Å². The quantitative estimate of drug-likeness (QED) is 0.868. The number of carboxylic acid groups (broad SMARTS) is 1. The Bertz CT molecular complexity index is 487. The van der Waals surface area contributed by atoms with Gasteiger partial charge < -0.3 is 15.2 Å². The maximum atomic E-state index is 12.0. The molecule has 0 aliphatic heterocycles. The number of methoxy groups -OCH3 is 1. The van der Waals surface area contributed by atoms with Gasteiger partial charge in [0.15, 0.2) is 6.04 Å². The second kappa shape index (κ2) is 6.04. The first kappa shape index (κ1) is 15.5. The van der Waals surface area contributed by atoms with E-state index in [1.54, 1.807) is 38.1 Å². The Hall–Kier alpha value is -1.59. The maximum absolute atomic E-state index is 12.0. The molecule has 2 N–H and O–H groups in total. The Balaban J connectivity index is 3.02. The van der Waals surface area contributed by atoms with Crippen LogP contribution in [0.2, 0.25) is 5.02 Å². The lowest BCUT2D eigenvalue weighted by molar-refractivity contribution is -0.147. The second-order valence-electron chi connectivity index (χ2n) is 4.48. The molecule has 5 nitrogen and oxygen atoms in total. The summed E-state index contributed by atoms with van der Waals surface area (Å²) in [6.07, 6.45) is 0. The number of carboxylic acids is 1. The highest BCUT2D eigenvalue weighted by Gasteiger charge is 2.32. The Morgan fingerprint density at radius 2 is 1.95 bits per heavy atom. The van der Waals surface area contributed by atoms with E-state index < -0.39 is 23.5 Å². The van der Waals surface area contributed by atoms with Gasteiger partial charge >= 0.3 is 5.97 Å². The van der Waals surface area contributed by atoms with Gasteiger partial charge in [0.1, 0.15) is 5.60 Å². The smallest absolute Gasteiger partial charge is 0.330 e. The SMILES string of the molecule is COC(C)(C)C(=O)N[C@@H](C(=O)O)c1ccccc1Cl. The van der Waals surface area contributed by atoms with Crippen LogP contribution in [0.3, 0.4) is 0 Å². The van der Waals surface area contributed by atoms with Gasteiger partial charge in [0.2, 0.25) is 0 Å². The Kier molecular flexibility index (Phi) is 4.91. The zero-order valence-electron chi connectivity index (χ0n) is 10.9. The Labute approximate surface area is 116 Å². The topological polar surface area (TPSA) is 75.6 Å². The molecular formula is C13H16ClNO4. The van der Waals surface area contributed by atoms with Crippen LogP contribution in [0.5, 0.6) is 0 Å². The van der Waals surface area contributed by atoms with Gasteiger partial charge in [-0.2, -0.15) is 0 Å². The molecule has 1 amide bonds. The number of hydrogen-bond donors (Lipinski definition) is 2. The summed E-state index contributed by atoms with van der Waals surface area (Å²) in [6, 6.07) is 5.26. The highest BCUT2D eigenvalue weighted by atomic mass is 35.5. The van der Waals surface area contributed by atoms with Crippen molar-refractivity contribution < 1.29 is 19.4 Å². The van der Waals surface area contributed by atoms with Gasteiger partial charge in [-0.25, -0.2) is 4.79 Å². The molecule has 0 aliphatic carbocycles. The summed E-state index contributed by atoms with van der Waals surface area (Å²) < 4.78 is 5.01. The minimum atomic E-state index is -1.21. The minimum Gasteiger partial charge on any atom is -0.479 e. The Morgan fingerprint density at radius 1 is 1.37 bits per heavy atom. The molecule has 0 saturated carbocycles. The molecule has 0 radical (unpaired) electrons. The molecule has 0 saturated heterocycles. The van der Waals surface area contributed by atoms with E-state index in [4.69, 9.17) is 16.3 Å².